The summed E-state index contributed by atoms with van der Waals surface area (Å²) in [5, 5.41) is 13.2. The first-order valence-corrected chi connectivity index (χ1v) is 7.36. The Labute approximate surface area is 143 Å². The number of ether oxygens (including phenoxy) is 1. The van der Waals surface area contributed by atoms with Gasteiger partial charge in [-0.2, -0.15) is 0 Å². The molecule has 1 aromatic heterocycles. The SMILES string of the molecule is CCOC(=O)c1ccnc(NC(=O)/C=C/c2cccc([N+](=O)[O-])c2)c1. The second-order valence-electron chi connectivity index (χ2n) is 4.82. The van der Waals surface area contributed by atoms with Crippen molar-refractivity contribution in [3.63, 3.8) is 0 Å². The molecule has 0 saturated heterocycles. The summed E-state index contributed by atoms with van der Waals surface area (Å²) in [4.78, 5) is 37.7. The van der Waals surface area contributed by atoms with Crippen LogP contribution in [0, 0.1) is 10.1 Å². The largest absolute Gasteiger partial charge is 0.462 e. The zero-order chi connectivity index (χ0) is 18.2. The lowest BCUT2D eigenvalue weighted by atomic mass is 10.2. The van der Waals surface area contributed by atoms with Crippen LogP contribution >= 0.6 is 0 Å². The molecule has 8 nitrogen and oxygen atoms in total. The van der Waals surface area contributed by atoms with Crippen LogP contribution in [0.3, 0.4) is 0 Å². The maximum Gasteiger partial charge on any atom is 0.338 e. The normalized spacial score (nSPS) is 10.4. The molecule has 0 atom stereocenters. The monoisotopic (exact) mass is 341 g/mol. The Bertz CT molecular complexity index is 833. The molecule has 0 spiro atoms. The highest BCUT2D eigenvalue weighted by atomic mass is 16.6. The molecular weight excluding hydrogens is 326 g/mol. The number of nitrogens with one attached hydrogen (secondary N) is 1. The van der Waals surface area contributed by atoms with E-state index in [1.165, 1.54) is 48.7 Å². The van der Waals surface area contributed by atoms with Gasteiger partial charge >= 0.3 is 5.97 Å². The third kappa shape index (κ3) is 5.24. The molecule has 0 aliphatic carbocycles. The zero-order valence-electron chi connectivity index (χ0n) is 13.3. The van der Waals surface area contributed by atoms with E-state index in [-0.39, 0.29) is 23.7 Å². The van der Waals surface area contributed by atoms with E-state index < -0.39 is 16.8 Å². The lowest BCUT2D eigenvalue weighted by molar-refractivity contribution is -0.384. The second-order valence-corrected chi connectivity index (χ2v) is 4.82. The number of nitro benzene ring substituents is 1. The molecule has 0 saturated carbocycles. The molecular formula is C17H15N3O5. The van der Waals surface area contributed by atoms with Gasteiger partial charge in [-0.05, 0) is 30.7 Å². The van der Waals surface area contributed by atoms with E-state index in [0.29, 0.717) is 5.56 Å². The van der Waals surface area contributed by atoms with Gasteiger partial charge in [0.2, 0.25) is 5.91 Å². The number of rotatable bonds is 6. The van der Waals surface area contributed by atoms with Crippen LogP contribution in [0.5, 0.6) is 0 Å². The first-order chi connectivity index (χ1) is 12.0. The number of nitrogens with zero attached hydrogens (tertiary/aromatic N) is 2. The number of esters is 1. The molecule has 128 valence electrons. The van der Waals surface area contributed by atoms with Gasteiger partial charge in [0.15, 0.2) is 0 Å². The van der Waals surface area contributed by atoms with Crippen LogP contribution in [0.4, 0.5) is 11.5 Å². The summed E-state index contributed by atoms with van der Waals surface area (Å²) in [5.41, 5.74) is 0.721. The van der Waals surface area contributed by atoms with Crippen molar-refractivity contribution >= 4 is 29.5 Å². The van der Waals surface area contributed by atoms with Gasteiger partial charge in [-0.25, -0.2) is 9.78 Å². The van der Waals surface area contributed by atoms with Crippen molar-refractivity contribution in [2.24, 2.45) is 0 Å². The lowest BCUT2D eigenvalue weighted by Gasteiger charge is -2.04. The lowest BCUT2D eigenvalue weighted by Crippen LogP contribution is -2.11. The second kappa shape index (κ2) is 8.34. The molecule has 8 heteroatoms. The van der Waals surface area contributed by atoms with Crippen molar-refractivity contribution in [1.82, 2.24) is 4.98 Å². The van der Waals surface area contributed by atoms with Crippen LogP contribution in [0.1, 0.15) is 22.8 Å². The minimum absolute atomic E-state index is 0.0636. The third-order valence-corrected chi connectivity index (χ3v) is 3.03. The first kappa shape index (κ1) is 17.8. The molecule has 0 aliphatic heterocycles. The molecule has 0 bridgehead atoms. The summed E-state index contributed by atoms with van der Waals surface area (Å²) in [6.45, 7) is 1.94. The van der Waals surface area contributed by atoms with E-state index in [2.05, 4.69) is 10.3 Å². The Hall–Kier alpha value is -3.55. The van der Waals surface area contributed by atoms with Crippen molar-refractivity contribution in [2.75, 3.05) is 11.9 Å². The van der Waals surface area contributed by atoms with Crippen LogP contribution in [0.15, 0.2) is 48.7 Å². The van der Waals surface area contributed by atoms with E-state index in [4.69, 9.17) is 4.74 Å². The van der Waals surface area contributed by atoms with E-state index in [1.54, 1.807) is 13.0 Å². The Morgan fingerprint density at radius 2 is 2.12 bits per heavy atom. The Morgan fingerprint density at radius 1 is 1.32 bits per heavy atom. The van der Waals surface area contributed by atoms with E-state index >= 15 is 0 Å². The number of hydrogen-bond donors (Lipinski definition) is 1. The number of amides is 1. The number of hydrogen-bond acceptors (Lipinski definition) is 6. The third-order valence-electron chi connectivity index (χ3n) is 3.03. The van der Waals surface area contributed by atoms with Crippen molar-refractivity contribution in [3.8, 4) is 0 Å². The van der Waals surface area contributed by atoms with E-state index in [1.807, 2.05) is 0 Å². The molecule has 0 unspecified atom stereocenters. The fraction of sp³-hybridized carbons (Fsp3) is 0.118. The van der Waals surface area contributed by atoms with Crippen molar-refractivity contribution in [1.29, 1.82) is 0 Å². The minimum atomic E-state index is -0.512. The van der Waals surface area contributed by atoms with Crippen molar-refractivity contribution < 1.29 is 19.2 Å². The number of pyridine rings is 1. The number of carbonyl (C=O) groups is 2. The fourth-order valence-corrected chi connectivity index (χ4v) is 1.92. The average Bonchev–Trinajstić information content (AvgIpc) is 2.60. The number of anilines is 1. The number of benzene rings is 1. The van der Waals surface area contributed by atoms with Gasteiger partial charge in [0, 0.05) is 24.4 Å². The summed E-state index contributed by atoms with van der Waals surface area (Å²) in [5.74, 6) is -0.799. The fourth-order valence-electron chi connectivity index (χ4n) is 1.92. The summed E-state index contributed by atoms with van der Waals surface area (Å²) in [6.07, 6.45) is 4.04. The summed E-state index contributed by atoms with van der Waals surface area (Å²) in [7, 11) is 0. The molecule has 25 heavy (non-hydrogen) atoms. The van der Waals surface area contributed by atoms with Gasteiger partial charge in [-0.1, -0.05) is 12.1 Å². The number of aromatic nitrogens is 1. The predicted octanol–water partition coefficient (Wildman–Crippen LogP) is 2.82. The molecule has 1 aromatic carbocycles. The highest BCUT2D eigenvalue weighted by Crippen LogP contribution is 2.14. The van der Waals surface area contributed by atoms with Gasteiger partial charge in [0.05, 0.1) is 17.1 Å². The first-order valence-electron chi connectivity index (χ1n) is 7.36. The zero-order valence-corrected chi connectivity index (χ0v) is 13.3. The standard InChI is InChI=1S/C17H15N3O5/c1-2-25-17(22)13-8-9-18-15(11-13)19-16(21)7-6-12-4-3-5-14(10-12)20(23)24/h3-11H,2H2,1H3,(H,18,19,21)/b7-6+. The van der Waals surface area contributed by atoms with Crippen LogP contribution < -0.4 is 5.32 Å². The molecule has 1 heterocycles. The smallest absolute Gasteiger partial charge is 0.338 e. The predicted molar refractivity (Wildman–Crippen MR) is 91.0 cm³/mol. The molecule has 2 rings (SSSR count). The van der Waals surface area contributed by atoms with Gasteiger partial charge < -0.3 is 10.1 Å². The maximum atomic E-state index is 11.9. The van der Waals surface area contributed by atoms with Crippen molar-refractivity contribution in [2.45, 2.75) is 6.92 Å². The molecule has 0 radical (unpaired) electrons. The van der Waals surface area contributed by atoms with E-state index in [9.17, 15) is 19.7 Å². The number of non-ortho nitro benzene ring substituents is 1. The van der Waals surface area contributed by atoms with E-state index in [0.717, 1.165) is 0 Å². The molecule has 2 aromatic rings. The number of carbonyl (C=O) groups excluding carboxylic acids is 2. The summed E-state index contributed by atoms with van der Waals surface area (Å²) >= 11 is 0. The van der Waals surface area contributed by atoms with Gasteiger partial charge in [-0.15, -0.1) is 0 Å². The summed E-state index contributed by atoms with van der Waals surface area (Å²) < 4.78 is 4.88. The van der Waals surface area contributed by atoms with Gasteiger partial charge in [0.25, 0.3) is 5.69 Å². The minimum Gasteiger partial charge on any atom is -0.462 e. The van der Waals surface area contributed by atoms with Crippen LogP contribution in [-0.2, 0) is 9.53 Å². The molecule has 0 aliphatic rings. The molecule has 1 amide bonds. The van der Waals surface area contributed by atoms with Crippen LogP contribution in [0.25, 0.3) is 6.08 Å². The summed E-state index contributed by atoms with van der Waals surface area (Å²) in [6, 6.07) is 8.76. The maximum absolute atomic E-state index is 11.9. The van der Waals surface area contributed by atoms with Crippen LogP contribution in [0.2, 0.25) is 0 Å². The van der Waals surface area contributed by atoms with Gasteiger partial charge in [0.1, 0.15) is 5.82 Å². The molecule has 0 fully saturated rings. The molecule has 1 N–H and O–H groups in total. The highest BCUT2D eigenvalue weighted by Gasteiger charge is 2.09. The highest BCUT2D eigenvalue weighted by molar-refractivity contribution is 6.02. The topological polar surface area (TPSA) is 111 Å². The average molecular weight is 341 g/mol. The Kier molecular flexibility index (Phi) is 5.94. The van der Waals surface area contributed by atoms with Gasteiger partial charge in [-0.3, -0.25) is 14.9 Å². The Morgan fingerprint density at radius 3 is 2.84 bits per heavy atom. The van der Waals surface area contributed by atoms with Crippen LogP contribution in [-0.4, -0.2) is 28.4 Å². The number of nitro groups is 1. The van der Waals surface area contributed by atoms with Crippen molar-refractivity contribution in [3.05, 3.63) is 69.9 Å². The Balaban J connectivity index is 2.05. The quantitative estimate of drug-likeness (QED) is 0.374.